The molecule has 4 aromatic carbocycles. The summed E-state index contributed by atoms with van der Waals surface area (Å²) in [6, 6.07) is 4.05. The molecular formula is C39H39BrO11. The lowest BCUT2D eigenvalue weighted by Crippen LogP contribution is -2.17. The summed E-state index contributed by atoms with van der Waals surface area (Å²) < 4.78 is 22.3. The van der Waals surface area contributed by atoms with Crippen LogP contribution in [0.4, 0.5) is 0 Å². The summed E-state index contributed by atoms with van der Waals surface area (Å²) in [5.41, 5.74) is 4.21. The van der Waals surface area contributed by atoms with Crippen LogP contribution in [0.5, 0.6) is 40.2 Å². The molecule has 0 bridgehead atoms. The van der Waals surface area contributed by atoms with E-state index in [1.54, 1.807) is 41.5 Å². The highest BCUT2D eigenvalue weighted by Gasteiger charge is 2.30. The number of aryl methyl sites for hydroxylation is 2. The van der Waals surface area contributed by atoms with E-state index in [0.717, 1.165) is 6.29 Å². The number of methoxy groups -OCH3 is 1. The van der Waals surface area contributed by atoms with E-state index in [2.05, 4.69) is 15.9 Å². The average molecular weight is 764 g/mol. The third-order valence-electron chi connectivity index (χ3n) is 9.24. The van der Waals surface area contributed by atoms with Crippen molar-refractivity contribution in [3.05, 3.63) is 95.0 Å². The van der Waals surface area contributed by atoms with Gasteiger partial charge in [0.25, 0.3) is 0 Å². The Morgan fingerprint density at radius 1 is 0.647 bits per heavy atom. The van der Waals surface area contributed by atoms with Gasteiger partial charge in [0.1, 0.15) is 55.7 Å². The smallest absolute Gasteiger partial charge is 0.347 e. The van der Waals surface area contributed by atoms with Crippen LogP contribution in [0.1, 0.15) is 98.4 Å². The monoisotopic (exact) mass is 762 g/mol. The molecule has 0 amide bonds. The summed E-state index contributed by atoms with van der Waals surface area (Å²) in [5, 5.41) is 32.3. The molecule has 0 fully saturated rings. The highest BCUT2D eigenvalue weighted by molar-refractivity contribution is 9.10. The normalized spacial score (nSPS) is 10.9. The van der Waals surface area contributed by atoms with Gasteiger partial charge in [-0.3, -0.25) is 4.79 Å². The Balaban J connectivity index is 1.67. The molecule has 0 aliphatic rings. The predicted molar refractivity (Wildman–Crippen MR) is 193 cm³/mol. The molecule has 11 nitrogen and oxygen atoms in total. The van der Waals surface area contributed by atoms with E-state index in [1.165, 1.54) is 39.2 Å². The number of hydrogen-bond acceptors (Lipinski definition) is 11. The van der Waals surface area contributed by atoms with Gasteiger partial charge < -0.3 is 34.3 Å². The Morgan fingerprint density at radius 3 is 1.78 bits per heavy atom. The summed E-state index contributed by atoms with van der Waals surface area (Å²) in [4.78, 5) is 52.1. The number of halogens is 1. The minimum Gasteiger partial charge on any atom is -0.508 e. The summed E-state index contributed by atoms with van der Waals surface area (Å²) in [6.45, 7) is 14.9. The minimum atomic E-state index is -0.982. The second kappa shape index (κ2) is 14.9. The van der Waals surface area contributed by atoms with E-state index in [4.69, 9.17) is 18.9 Å². The van der Waals surface area contributed by atoms with Crippen LogP contribution in [-0.4, -0.2) is 46.6 Å². The number of aldehydes is 1. The maximum absolute atomic E-state index is 13.6. The van der Waals surface area contributed by atoms with Gasteiger partial charge in [0.15, 0.2) is 12.0 Å². The highest BCUT2D eigenvalue weighted by Crippen LogP contribution is 2.44. The lowest BCUT2D eigenvalue weighted by molar-refractivity contribution is 0.0717. The predicted octanol–water partition coefficient (Wildman–Crippen LogP) is 8.07. The Morgan fingerprint density at radius 2 is 1.20 bits per heavy atom. The highest BCUT2D eigenvalue weighted by atomic mass is 79.9. The summed E-state index contributed by atoms with van der Waals surface area (Å²) in [6.07, 6.45) is 1.28. The van der Waals surface area contributed by atoms with Gasteiger partial charge in [-0.25, -0.2) is 14.4 Å². The number of rotatable bonds is 9. The van der Waals surface area contributed by atoms with Crippen molar-refractivity contribution >= 4 is 40.1 Å². The number of ether oxygens (including phenoxy) is 4. The molecule has 0 aliphatic carbocycles. The molecule has 0 radical (unpaired) electrons. The van der Waals surface area contributed by atoms with E-state index >= 15 is 0 Å². The molecule has 3 N–H and O–H groups in total. The van der Waals surface area contributed by atoms with Crippen LogP contribution in [-0.2, 0) is 6.42 Å². The van der Waals surface area contributed by atoms with Crippen LogP contribution in [0.3, 0.4) is 0 Å². The Labute approximate surface area is 303 Å². The summed E-state index contributed by atoms with van der Waals surface area (Å²) >= 11 is 3.24. The number of hydrogen-bond donors (Lipinski definition) is 3. The fourth-order valence-corrected chi connectivity index (χ4v) is 6.65. The van der Waals surface area contributed by atoms with Crippen LogP contribution in [0, 0.1) is 55.4 Å². The largest absolute Gasteiger partial charge is 0.508 e. The van der Waals surface area contributed by atoms with Gasteiger partial charge in [0, 0.05) is 17.2 Å². The second-order valence-electron chi connectivity index (χ2n) is 12.2. The van der Waals surface area contributed by atoms with Crippen LogP contribution >= 0.6 is 15.9 Å². The molecule has 0 saturated heterocycles. The molecule has 51 heavy (non-hydrogen) atoms. The van der Waals surface area contributed by atoms with Crippen molar-refractivity contribution in [3.63, 3.8) is 0 Å². The molecular weight excluding hydrogens is 724 g/mol. The molecule has 0 aliphatic heterocycles. The number of aromatic hydroxyl groups is 3. The van der Waals surface area contributed by atoms with E-state index in [0.29, 0.717) is 51.1 Å². The SMILES string of the molecule is CCc1c(C)c(C=O)c(C)c(C)c1OC(=O)c1c(C)cc(OC(=O)c2c(C)c(C)c(OC(=O)c3c(C)cc(O)cc3OC)c(Br)c2O)c(C)c1O. The zero-order valence-electron chi connectivity index (χ0n) is 30.0. The Bertz CT molecular complexity index is 2120. The second-order valence-corrected chi connectivity index (χ2v) is 13.0. The van der Waals surface area contributed by atoms with Crippen molar-refractivity contribution in [2.45, 2.75) is 68.7 Å². The van der Waals surface area contributed by atoms with Crippen LogP contribution in [0.25, 0.3) is 0 Å². The number of phenols is 3. The number of carbonyl (C=O) groups is 4. The molecule has 12 heteroatoms. The first kappa shape index (κ1) is 38.4. The van der Waals surface area contributed by atoms with Gasteiger partial charge in [-0.1, -0.05) is 6.92 Å². The van der Waals surface area contributed by atoms with Crippen LogP contribution in [0.15, 0.2) is 22.7 Å². The molecule has 4 rings (SSSR count). The van der Waals surface area contributed by atoms with Gasteiger partial charge in [-0.15, -0.1) is 0 Å². The van der Waals surface area contributed by atoms with E-state index in [1.807, 2.05) is 6.92 Å². The van der Waals surface area contributed by atoms with E-state index in [9.17, 15) is 34.5 Å². The van der Waals surface area contributed by atoms with Crippen molar-refractivity contribution in [1.82, 2.24) is 0 Å². The number of esters is 3. The lowest BCUT2D eigenvalue weighted by atomic mass is 9.91. The first-order valence-electron chi connectivity index (χ1n) is 15.9. The van der Waals surface area contributed by atoms with Gasteiger partial charge in [0.2, 0.25) is 0 Å². The van der Waals surface area contributed by atoms with Gasteiger partial charge in [-0.2, -0.15) is 0 Å². The fraction of sp³-hybridized carbons (Fsp3) is 0.282. The number of carbonyl (C=O) groups excluding carboxylic acids is 4. The van der Waals surface area contributed by atoms with Crippen LogP contribution < -0.4 is 18.9 Å². The van der Waals surface area contributed by atoms with Gasteiger partial charge in [-0.05, 0) is 134 Å². The average Bonchev–Trinajstić information content (AvgIpc) is 3.06. The fourth-order valence-electron chi connectivity index (χ4n) is 6.07. The molecule has 0 atom stereocenters. The van der Waals surface area contributed by atoms with Crippen molar-refractivity contribution < 1.29 is 53.4 Å². The first-order chi connectivity index (χ1) is 23.9. The third kappa shape index (κ3) is 6.88. The summed E-state index contributed by atoms with van der Waals surface area (Å²) in [7, 11) is 1.34. The molecule has 268 valence electrons. The van der Waals surface area contributed by atoms with Crippen molar-refractivity contribution in [2.24, 2.45) is 0 Å². The van der Waals surface area contributed by atoms with Gasteiger partial charge >= 0.3 is 17.9 Å². The topological polar surface area (TPSA) is 166 Å². The Hall–Kier alpha value is -5.36. The molecule has 0 spiro atoms. The lowest BCUT2D eigenvalue weighted by Gasteiger charge is -2.20. The molecule has 0 aromatic heterocycles. The zero-order valence-corrected chi connectivity index (χ0v) is 31.6. The zero-order chi connectivity index (χ0) is 38.2. The quantitative estimate of drug-likeness (QED) is 0.0857. The number of benzene rings is 4. The summed E-state index contributed by atoms with van der Waals surface area (Å²) in [5.74, 6) is -3.50. The van der Waals surface area contributed by atoms with Crippen LogP contribution in [0.2, 0.25) is 0 Å². The standard InChI is InChI=1S/C39H39BrO11/c1-11-25-22(8)26(15-41)18(4)20(6)35(25)50-38(46)30-17(3)13-27(23(9)33(30)43)49-39(47)31-19(5)21(7)36(32(40)34(31)44)51-37(45)29-16(2)12-24(42)14-28(29)48-10/h12-15,42-44H,11H2,1-10H3. The molecule has 0 unspecified atom stereocenters. The van der Waals surface area contributed by atoms with E-state index in [-0.39, 0.29) is 60.9 Å². The third-order valence-corrected chi connectivity index (χ3v) is 9.98. The Kier molecular flexibility index (Phi) is 11.2. The molecule has 0 saturated carbocycles. The van der Waals surface area contributed by atoms with Gasteiger partial charge in [0.05, 0.1) is 7.11 Å². The van der Waals surface area contributed by atoms with Crippen molar-refractivity contribution in [3.8, 4) is 40.2 Å². The number of phenolic OH excluding ortho intramolecular Hbond substituents is 3. The maximum Gasteiger partial charge on any atom is 0.347 e. The van der Waals surface area contributed by atoms with Crippen molar-refractivity contribution in [1.29, 1.82) is 0 Å². The van der Waals surface area contributed by atoms with Crippen molar-refractivity contribution in [2.75, 3.05) is 7.11 Å². The van der Waals surface area contributed by atoms with E-state index < -0.39 is 29.4 Å². The molecule has 4 aromatic rings. The maximum atomic E-state index is 13.6. The minimum absolute atomic E-state index is 0.0544. The molecule has 0 heterocycles. The first-order valence-corrected chi connectivity index (χ1v) is 16.7.